The first-order chi connectivity index (χ1) is 6.90. The van der Waals surface area contributed by atoms with Gasteiger partial charge in [0, 0.05) is 5.57 Å². The molecule has 0 N–H and O–H groups in total. The fourth-order valence-electron chi connectivity index (χ4n) is 1.52. The second-order valence-corrected chi connectivity index (χ2v) is 4.93. The summed E-state index contributed by atoms with van der Waals surface area (Å²) < 4.78 is 0. The van der Waals surface area contributed by atoms with Gasteiger partial charge in [-0.2, -0.15) is 0 Å². The fraction of sp³-hybridized carbons (Fsp3) is 0.750. The third kappa shape index (κ3) is 4.14. The summed E-state index contributed by atoms with van der Waals surface area (Å²) in [4.78, 5) is 21.9. The maximum atomic E-state index is 11.3. The summed E-state index contributed by atoms with van der Waals surface area (Å²) in [7, 11) is 0. The zero-order valence-electron chi connectivity index (χ0n) is 10.0. The van der Waals surface area contributed by atoms with Crippen LogP contribution in [0.5, 0.6) is 0 Å². The number of allylic oxidation sites excluding steroid dienone is 1. The van der Waals surface area contributed by atoms with E-state index in [-0.39, 0.29) is 17.5 Å². The van der Waals surface area contributed by atoms with Crippen molar-refractivity contribution in [2.24, 2.45) is 0 Å². The monoisotopic (exact) mass is 212 g/mol. The molecule has 1 aliphatic carbocycles. The average molecular weight is 212 g/mol. The predicted molar refractivity (Wildman–Crippen MR) is 58.3 cm³/mol. The van der Waals surface area contributed by atoms with Crippen molar-refractivity contribution in [3.8, 4) is 0 Å². The molecule has 0 radical (unpaired) electrons. The number of carbonyl (C=O) groups excluding carboxylic acids is 1. The van der Waals surface area contributed by atoms with Gasteiger partial charge in [0.05, 0.1) is 5.60 Å². The fourth-order valence-corrected chi connectivity index (χ4v) is 1.52. The minimum atomic E-state index is -0.334. The molecule has 3 heteroatoms. The van der Waals surface area contributed by atoms with E-state index in [0.717, 1.165) is 24.8 Å². The van der Waals surface area contributed by atoms with Crippen molar-refractivity contribution in [2.75, 3.05) is 0 Å². The predicted octanol–water partition coefficient (Wildman–Crippen LogP) is 2.80. The zero-order valence-corrected chi connectivity index (χ0v) is 10.0. The molecule has 0 saturated carbocycles. The maximum absolute atomic E-state index is 11.3. The maximum Gasteiger partial charge on any atom is 0.158 e. The molecule has 1 atom stereocenters. The highest BCUT2D eigenvalue weighted by Gasteiger charge is 2.24. The normalized spacial score (nSPS) is 22.4. The van der Waals surface area contributed by atoms with E-state index in [1.54, 1.807) is 6.92 Å². The summed E-state index contributed by atoms with van der Waals surface area (Å²) in [5.41, 5.74) is 0.421. The van der Waals surface area contributed by atoms with Crippen molar-refractivity contribution in [2.45, 2.75) is 58.7 Å². The Balaban J connectivity index is 2.56. The Hall–Kier alpha value is -0.670. The van der Waals surface area contributed by atoms with Crippen molar-refractivity contribution in [1.82, 2.24) is 0 Å². The van der Waals surface area contributed by atoms with Gasteiger partial charge in [-0.05, 0) is 47.0 Å². The van der Waals surface area contributed by atoms with Gasteiger partial charge in [0.15, 0.2) is 5.78 Å². The van der Waals surface area contributed by atoms with E-state index >= 15 is 0 Å². The minimum absolute atomic E-state index is 0.0807. The smallest absolute Gasteiger partial charge is 0.158 e. The van der Waals surface area contributed by atoms with Gasteiger partial charge in [0.2, 0.25) is 0 Å². The Morgan fingerprint density at radius 1 is 1.47 bits per heavy atom. The van der Waals surface area contributed by atoms with Crippen molar-refractivity contribution in [3.05, 3.63) is 11.6 Å². The van der Waals surface area contributed by atoms with Crippen LogP contribution in [0.2, 0.25) is 0 Å². The van der Waals surface area contributed by atoms with E-state index in [0.29, 0.717) is 0 Å². The Morgan fingerprint density at radius 2 is 2.13 bits per heavy atom. The molecule has 0 aromatic rings. The van der Waals surface area contributed by atoms with Gasteiger partial charge < -0.3 is 0 Å². The van der Waals surface area contributed by atoms with Crippen LogP contribution in [-0.4, -0.2) is 17.5 Å². The summed E-state index contributed by atoms with van der Waals surface area (Å²) in [6.07, 6.45) is 4.65. The van der Waals surface area contributed by atoms with Crippen LogP contribution in [0.1, 0.15) is 47.0 Å². The SMILES string of the molecule is CC(=O)C1=CCCCC1OOC(C)(C)C. The van der Waals surface area contributed by atoms with Crippen LogP contribution < -0.4 is 0 Å². The van der Waals surface area contributed by atoms with Gasteiger partial charge in [-0.15, -0.1) is 0 Å². The quantitative estimate of drug-likeness (QED) is 0.533. The van der Waals surface area contributed by atoms with E-state index in [1.807, 2.05) is 26.8 Å². The molecule has 1 unspecified atom stereocenters. The first-order valence-corrected chi connectivity index (χ1v) is 5.45. The summed E-state index contributed by atoms with van der Waals surface area (Å²) in [6.45, 7) is 7.34. The average Bonchev–Trinajstić information content (AvgIpc) is 2.14. The summed E-state index contributed by atoms with van der Waals surface area (Å²) in [6, 6.07) is 0. The summed E-state index contributed by atoms with van der Waals surface area (Å²) >= 11 is 0. The molecule has 15 heavy (non-hydrogen) atoms. The lowest BCUT2D eigenvalue weighted by atomic mass is 9.94. The Kier molecular flexibility index (Phi) is 4.05. The van der Waals surface area contributed by atoms with Gasteiger partial charge in [0.25, 0.3) is 0 Å². The number of hydrogen-bond donors (Lipinski definition) is 0. The Labute approximate surface area is 91.4 Å². The molecule has 1 rings (SSSR count). The van der Waals surface area contributed by atoms with E-state index in [4.69, 9.17) is 9.78 Å². The second-order valence-electron chi connectivity index (χ2n) is 4.93. The standard InChI is InChI=1S/C12H20O3/c1-9(13)10-7-5-6-8-11(10)14-15-12(2,3)4/h7,11H,5-6,8H2,1-4H3. The largest absolute Gasteiger partial charge is 0.295 e. The molecule has 0 bridgehead atoms. The van der Waals surface area contributed by atoms with Gasteiger partial charge in [-0.3, -0.25) is 4.79 Å². The van der Waals surface area contributed by atoms with E-state index in [1.165, 1.54) is 0 Å². The molecule has 0 aliphatic heterocycles. The molecule has 0 saturated heterocycles. The highest BCUT2D eigenvalue weighted by molar-refractivity contribution is 5.94. The van der Waals surface area contributed by atoms with Gasteiger partial charge in [-0.1, -0.05) is 6.08 Å². The molecule has 0 fully saturated rings. The van der Waals surface area contributed by atoms with Crippen LogP contribution in [0.15, 0.2) is 11.6 Å². The molecular formula is C12H20O3. The van der Waals surface area contributed by atoms with Crippen molar-refractivity contribution >= 4 is 5.78 Å². The molecule has 0 aromatic carbocycles. The van der Waals surface area contributed by atoms with Crippen LogP contribution >= 0.6 is 0 Å². The highest BCUT2D eigenvalue weighted by Crippen LogP contribution is 2.23. The number of ketones is 1. The highest BCUT2D eigenvalue weighted by atomic mass is 17.2. The topological polar surface area (TPSA) is 35.5 Å². The van der Waals surface area contributed by atoms with Gasteiger partial charge in [-0.25, -0.2) is 9.78 Å². The number of carbonyl (C=O) groups is 1. The molecule has 0 heterocycles. The molecule has 0 amide bonds. The van der Waals surface area contributed by atoms with Crippen LogP contribution in [-0.2, 0) is 14.6 Å². The minimum Gasteiger partial charge on any atom is -0.295 e. The van der Waals surface area contributed by atoms with E-state index in [9.17, 15) is 4.79 Å². The number of Topliss-reactive ketones (excluding diaryl/α,β-unsaturated/α-hetero) is 1. The Bertz CT molecular complexity index is 261. The van der Waals surface area contributed by atoms with Crippen LogP contribution in [0.25, 0.3) is 0 Å². The summed E-state index contributed by atoms with van der Waals surface area (Å²) in [5, 5.41) is 0. The van der Waals surface area contributed by atoms with E-state index < -0.39 is 0 Å². The second kappa shape index (κ2) is 4.90. The van der Waals surface area contributed by atoms with Gasteiger partial charge in [0.1, 0.15) is 6.10 Å². The van der Waals surface area contributed by atoms with Crippen LogP contribution in [0.3, 0.4) is 0 Å². The lowest BCUT2D eigenvalue weighted by Crippen LogP contribution is -2.28. The van der Waals surface area contributed by atoms with Gasteiger partial charge >= 0.3 is 0 Å². The first kappa shape index (κ1) is 12.4. The van der Waals surface area contributed by atoms with Crippen molar-refractivity contribution in [1.29, 1.82) is 0 Å². The van der Waals surface area contributed by atoms with E-state index in [2.05, 4.69) is 0 Å². The van der Waals surface area contributed by atoms with Crippen LogP contribution in [0, 0.1) is 0 Å². The lowest BCUT2D eigenvalue weighted by molar-refractivity contribution is -0.367. The zero-order chi connectivity index (χ0) is 11.5. The Morgan fingerprint density at radius 3 is 2.67 bits per heavy atom. The molecule has 86 valence electrons. The molecular weight excluding hydrogens is 192 g/mol. The first-order valence-electron chi connectivity index (χ1n) is 5.45. The third-order valence-corrected chi connectivity index (χ3v) is 2.20. The van der Waals surface area contributed by atoms with Crippen molar-refractivity contribution in [3.63, 3.8) is 0 Å². The van der Waals surface area contributed by atoms with Crippen LogP contribution in [0.4, 0.5) is 0 Å². The number of rotatable bonds is 3. The molecule has 3 nitrogen and oxygen atoms in total. The molecule has 0 aromatic heterocycles. The van der Waals surface area contributed by atoms with Crippen molar-refractivity contribution < 1.29 is 14.6 Å². The summed E-state index contributed by atoms with van der Waals surface area (Å²) in [5.74, 6) is 0.0807. The lowest BCUT2D eigenvalue weighted by Gasteiger charge is -2.26. The molecule has 1 aliphatic rings. The molecule has 0 spiro atoms. The number of hydrogen-bond acceptors (Lipinski definition) is 3. The third-order valence-electron chi connectivity index (χ3n) is 2.20.